The van der Waals surface area contributed by atoms with Crippen molar-refractivity contribution in [2.45, 2.75) is 13.5 Å². The van der Waals surface area contributed by atoms with E-state index in [1.165, 1.54) is 24.3 Å². The Balaban J connectivity index is 2.01. The largest absolute Gasteiger partial charge is 0.482 e. The molecule has 0 unspecified atom stereocenters. The molecule has 2 rings (SSSR count). The minimum atomic E-state index is -0.724. The number of halogens is 1. The fourth-order valence-electron chi connectivity index (χ4n) is 1.97. The lowest BCUT2D eigenvalue weighted by Gasteiger charge is -2.08. The van der Waals surface area contributed by atoms with E-state index in [1.807, 2.05) is 6.07 Å². The van der Waals surface area contributed by atoms with E-state index >= 15 is 0 Å². The van der Waals surface area contributed by atoms with Crippen molar-refractivity contribution in [3.8, 4) is 11.8 Å². The standard InChI is InChI=1S/C17H15FN2O5S/c1-2-23-17(22)15-13(12(7-19)16(20)26-15)8-25-14(21)9-24-11-5-3-10(18)4-6-11/h3-6H,2,8-9,20H2,1H3. The summed E-state index contributed by atoms with van der Waals surface area (Å²) in [6.45, 7) is 1.06. The fraction of sp³-hybridized carbons (Fsp3) is 0.235. The van der Waals surface area contributed by atoms with Crippen LogP contribution in [0.3, 0.4) is 0 Å². The molecule has 2 N–H and O–H groups in total. The van der Waals surface area contributed by atoms with E-state index in [-0.39, 0.29) is 34.2 Å². The van der Waals surface area contributed by atoms with Gasteiger partial charge in [0.15, 0.2) is 6.61 Å². The molecule has 0 saturated carbocycles. The Labute approximate surface area is 152 Å². The number of nitrogen functional groups attached to an aromatic ring is 1. The van der Waals surface area contributed by atoms with Gasteiger partial charge in [-0.05, 0) is 31.2 Å². The van der Waals surface area contributed by atoms with Crippen molar-refractivity contribution < 1.29 is 28.2 Å². The summed E-state index contributed by atoms with van der Waals surface area (Å²) < 4.78 is 27.9. The van der Waals surface area contributed by atoms with Crippen LogP contribution in [-0.2, 0) is 20.9 Å². The molecule has 0 atom stereocenters. The molecule has 0 saturated heterocycles. The first-order valence-electron chi connectivity index (χ1n) is 7.48. The molecule has 1 aromatic heterocycles. The summed E-state index contributed by atoms with van der Waals surface area (Å²) in [4.78, 5) is 23.9. The topological polar surface area (TPSA) is 112 Å². The van der Waals surface area contributed by atoms with E-state index in [2.05, 4.69) is 0 Å². The van der Waals surface area contributed by atoms with Gasteiger partial charge in [0, 0.05) is 5.56 Å². The third kappa shape index (κ3) is 4.70. The van der Waals surface area contributed by atoms with Gasteiger partial charge < -0.3 is 19.9 Å². The molecular weight excluding hydrogens is 363 g/mol. The van der Waals surface area contributed by atoms with Crippen LogP contribution in [0.15, 0.2) is 24.3 Å². The molecule has 136 valence electrons. The lowest BCUT2D eigenvalue weighted by atomic mass is 10.1. The molecule has 0 aliphatic heterocycles. The Morgan fingerprint density at radius 3 is 2.58 bits per heavy atom. The van der Waals surface area contributed by atoms with E-state index in [0.29, 0.717) is 5.75 Å². The van der Waals surface area contributed by atoms with Crippen LogP contribution in [0.2, 0.25) is 0 Å². The van der Waals surface area contributed by atoms with Crippen molar-refractivity contribution in [2.24, 2.45) is 0 Å². The third-order valence-corrected chi connectivity index (χ3v) is 4.20. The summed E-state index contributed by atoms with van der Waals surface area (Å²) >= 11 is 0.900. The summed E-state index contributed by atoms with van der Waals surface area (Å²) in [7, 11) is 0. The molecule has 0 radical (unpaired) electrons. The quantitative estimate of drug-likeness (QED) is 0.737. The van der Waals surface area contributed by atoms with Gasteiger partial charge in [0.1, 0.15) is 34.1 Å². The van der Waals surface area contributed by atoms with Crippen LogP contribution in [-0.4, -0.2) is 25.2 Å². The lowest BCUT2D eigenvalue weighted by molar-refractivity contribution is -0.147. The number of hydrogen-bond donors (Lipinski definition) is 1. The van der Waals surface area contributed by atoms with Crippen LogP contribution in [0.25, 0.3) is 0 Å². The van der Waals surface area contributed by atoms with Gasteiger partial charge in [-0.25, -0.2) is 14.0 Å². The number of nitrogens with zero attached hydrogens (tertiary/aromatic N) is 1. The zero-order valence-electron chi connectivity index (χ0n) is 13.8. The summed E-state index contributed by atoms with van der Waals surface area (Å²) in [5.74, 6) is -1.49. The van der Waals surface area contributed by atoms with Gasteiger partial charge in [-0.2, -0.15) is 5.26 Å². The molecule has 0 aliphatic carbocycles. The van der Waals surface area contributed by atoms with E-state index in [9.17, 15) is 19.2 Å². The van der Waals surface area contributed by atoms with Crippen molar-refractivity contribution in [3.63, 3.8) is 0 Å². The van der Waals surface area contributed by atoms with Crippen molar-refractivity contribution in [1.82, 2.24) is 0 Å². The molecule has 2 aromatic rings. The molecule has 1 aromatic carbocycles. The fourth-order valence-corrected chi connectivity index (χ4v) is 2.89. The number of rotatable bonds is 7. The molecular formula is C17H15FN2O5S. The predicted octanol–water partition coefficient (Wildman–Crippen LogP) is 2.64. The van der Waals surface area contributed by atoms with Crippen molar-refractivity contribution in [3.05, 3.63) is 46.1 Å². The van der Waals surface area contributed by atoms with E-state index < -0.39 is 24.4 Å². The van der Waals surface area contributed by atoms with E-state index in [1.54, 1.807) is 6.92 Å². The second-order valence-electron chi connectivity index (χ2n) is 4.88. The number of hydrogen-bond acceptors (Lipinski definition) is 8. The Morgan fingerprint density at radius 1 is 1.27 bits per heavy atom. The number of carbonyl (C=O) groups is 2. The van der Waals surface area contributed by atoms with Crippen molar-refractivity contribution in [1.29, 1.82) is 5.26 Å². The number of benzene rings is 1. The molecule has 1 heterocycles. The average Bonchev–Trinajstić information content (AvgIpc) is 2.95. The molecule has 26 heavy (non-hydrogen) atoms. The number of carbonyl (C=O) groups excluding carboxylic acids is 2. The van der Waals surface area contributed by atoms with Gasteiger partial charge in [-0.3, -0.25) is 0 Å². The van der Waals surface area contributed by atoms with Crippen LogP contribution in [0.4, 0.5) is 9.39 Å². The van der Waals surface area contributed by atoms with Crippen LogP contribution in [0, 0.1) is 17.1 Å². The highest BCUT2D eigenvalue weighted by Crippen LogP contribution is 2.31. The maximum absolute atomic E-state index is 12.8. The zero-order valence-corrected chi connectivity index (χ0v) is 14.6. The molecule has 0 fully saturated rings. The normalized spacial score (nSPS) is 10.0. The van der Waals surface area contributed by atoms with Gasteiger partial charge in [-0.15, -0.1) is 11.3 Å². The Hall–Kier alpha value is -3.12. The minimum absolute atomic E-state index is 0.0744. The van der Waals surface area contributed by atoms with Gasteiger partial charge in [0.25, 0.3) is 0 Å². The number of ether oxygens (including phenoxy) is 3. The molecule has 0 spiro atoms. The SMILES string of the molecule is CCOC(=O)c1sc(N)c(C#N)c1COC(=O)COc1ccc(F)cc1. The van der Waals surface area contributed by atoms with E-state index in [0.717, 1.165) is 11.3 Å². The zero-order chi connectivity index (χ0) is 19.1. The lowest BCUT2D eigenvalue weighted by Crippen LogP contribution is -2.16. The molecule has 9 heteroatoms. The first kappa shape index (κ1) is 19.2. The summed E-state index contributed by atoms with van der Waals surface area (Å²) in [5.41, 5.74) is 6.00. The average molecular weight is 378 g/mol. The van der Waals surface area contributed by atoms with Crippen LogP contribution < -0.4 is 10.5 Å². The summed E-state index contributed by atoms with van der Waals surface area (Å²) in [5, 5.41) is 9.34. The second-order valence-corrected chi connectivity index (χ2v) is 5.94. The maximum atomic E-state index is 12.8. The number of esters is 2. The summed E-state index contributed by atoms with van der Waals surface area (Å²) in [6, 6.07) is 7.02. The molecule has 0 bridgehead atoms. The number of thiophene rings is 1. The Morgan fingerprint density at radius 2 is 1.96 bits per heavy atom. The Kier molecular flexibility index (Phi) is 6.52. The molecule has 0 aliphatic rings. The first-order valence-corrected chi connectivity index (χ1v) is 8.30. The minimum Gasteiger partial charge on any atom is -0.482 e. The number of anilines is 1. The van der Waals surface area contributed by atoms with E-state index in [4.69, 9.17) is 19.9 Å². The van der Waals surface area contributed by atoms with Crippen molar-refractivity contribution in [2.75, 3.05) is 18.9 Å². The van der Waals surface area contributed by atoms with Crippen molar-refractivity contribution >= 4 is 28.3 Å². The maximum Gasteiger partial charge on any atom is 0.348 e. The Bertz CT molecular complexity index is 842. The van der Waals surface area contributed by atoms with Crippen LogP contribution in [0.1, 0.15) is 27.7 Å². The monoisotopic (exact) mass is 378 g/mol. The smallest absolute Gasteiger partial charge is 0.348 e. The van der Waals surface area contributed by atoms with Crippen LogP contribution in [0.5, 0.6) is 5.75 Å². The predicted molar refractivity (Wildman–Crippen MR) is 91.1 cm³/mol. The van der Waals surface area contributed by atoms with Gasteiger partial charge in [0.2, 0.25) is 0 Å². The molecule has 7 nitrogen and oxygen atoms in total. The first-order chi connectivity index (χ1) is 12.5. The highest BCUT2D eigenvalue weighted by molar-refractivity contribution is 7.18. The van der Waals surface area contributed by atoms with Crippen LogP contribution >= 0.6 is 11.3 Å². The molecule has 0 amide bonds. The number of nitrogens with two attached hydrogens (primary N) is 1. The number of nitriles is 1. The highest BCUT2D eigenvalue weighted by Gasteiger charge is 2.23. The summed E-state index contributed by atoms with van der Waals surface area (Å²) in [6.07, 6.45) is 0. The second kappa shape index (κ2) is 8.82. The van der Waals surface area contributed by atoms with Gasteiger partial charge in [0.05, 0.1) is 12.2 Å². The van der Waals surface area contributed by atoms with Gasteiger partial charge >= 0.3 is 11.9 Å². The third-order valence-electron chi connectivity index (χ3n) is 3.15. The highest BCUT2D eigenvalue weighted by atomic mass is 32.1. The van der Waals surface area contributed by atoms with Gasteiger partial charge in [-0.1, -0.05) is 0 Å².